The van der Waals surface area contributed by atoms with Gasteiger partial charge >= 0.3 is 5.97 Å². The minimum Gasteiger partial charge on any atom is -0.466 e. The number of amides is 1. The summed E-state index contributed by atoms with van der Waals surface area (Å²) in [7, 11) is 0. The molecule has 0 aromatic rings. The van der Waals surface area contributed by atoms with Crippen molar-refractivity contribution < 1.29 is 24.5 Å². The van der Waals surface area contributed by atoms with Gasteiger partial charge in [0, 0.05) is 12.8 Å². The zero-order chi connectivity index (χ0) is 62.0. The molecule has 0 bridgehead atoms. The summed E-state index contributed by atoms with van der Waals surface area (Å²) in [6.07, 6.45) is 97.0. The average molecular weight is 1210 g/mol. The van der Waals surface area contributed by atoms with Gasteiger partial charge in [0.25, 0.3) is 0 Å². The first-order valence-corrected chi connectivity index (χ1v) is 39.6. The van der Waals surface area contributed by atoms with Crippen LogP contribution in [0.5, 0.6) is 0 Å². The van der Waals surface area contributed by atoms with E-state index in [1.54, 1.807) is 0 Å². The molecule has 3 N–H and O–H groups in total. The fraction of sp³-hybridized carbons (Fsp3) is 0.925. The maximum atomic E-state index is 12.5. The summed E-state index contributed by atoms with van der Waals surface area (Å²) in [4.78, 5) is 24.6. The van der Waals surface area contributed by atoms with Crippen LogP contribution in [0, 0.1) is 0 Å². The van der Waals surface area contributed by atoms with Crippen molar-refractivity contribution in [2.75, 3.05) is 13.2 Å². The SMILES string of the molecule is CCCCCCCCCCCCCCCCCCCC(O)C(CO)NC(=O)CCCCCCCCCCCCCCCCCCC/C=C\C/C=C\CCCCCCCCCCCCCCCOC(=O)CCCCCCCCCCCCCCCCC. The Bertz CT molecular complexity index is 1350. The van der Waals surface area contributed by atoms with Crippen molar-refractivity contribution in [1.82, 2.24) is 5.32 Å². The van der Waals surface area contributed by atoms with E-state index >= 15 is 0 Å². The second kappa shape index (κ2) is 75.8. The lowest BCUT2D eigenvalue weighted by Crippen LogP contribution is -2.45. The molecule has 0 aromatic heterocycles. The van der Waals surface area contributed by atoms with E-state index in [0.29, 0.717) is 25.9 Å². The first-order valence-electron chi connectivity index (χ1n) is 39.6. The van der Waals surface area contributed by atoms with Crippen LogP contribution in [0.3, 0.4) is 0 Å². The Morgan fingerprint density at radius 1 is 0.326 bits per heavy atom. The highest BCUT2D eigenvalue weighted by atomic mass is 16.5. The number of hydrogen-bond acceptors (Lipinski definition) is 5. The second-order valence-electron chi connectivity index (χ2n) is 27.4. The minimum atomic E-state index is -0.662. The highest BCUT2D eigenvalue weighted by molar-refractivity contribution is 5.76. The monoisotopic (exact) mass is 1210 g/mol. The highest BCUT2D eigenvalue weighted by Gasteiger charge is 2.20. The molecule has 0 saturated carbocycles. The van der Waals surface area contributed by atoms with Crippen molar-refractivity contribution in [3.63, 3.8) is 0 Å². The van der Waals surface area contributed by atoms with Gasteiger partial charge in [-0.1, -0.05) is 404 Å². The summed E-state index contributed by atoms with van der Waals surface area (Å²) in [6, 6.07) is -0.539. The van der Waals surface area contributed by atoms with Gasteiger partial charge in [0.15, 0.2) is 0 Å². The number of carbonyl (C=O) groups excluding carboxylic acids is 2. The number of unbranched alkanes of at least 4 members (excludes halogenated alkanes) is 60. The molecule has 2 unspecified atom stereocenters. The lowest BCUT2D eigenvalue weighted by molar-refractivity contribution is -0.143. The van der Waals surface area contributed by atoms with Crippen LogP contribution < -0.4 is 5.32 Å². The number of aliphatic hydroxyl groups is 2. The summed E-state index contributed by atoms with van der Waals surface area (Å²) in [5.41, 5.74) is 0. The third-order valence-corrected chi connectivity index (χ3v) is 18.8. The Kier molecular flexibility index (Phi) is 74.3. The van der Waals surface area contributed by atoms with Crippen molar-refractivity contribution in [2.45, 2.75) is 463 Å². The third kappa shape index (κ3) is 71.4. The summed E-state index contributed by atoms with van der Waals surface area (Å²) >= 11 is 0. The molecule has 0 saturated heterocycles. The van der Waals surface area contributed by atoms with Crippen LogP contribution in [0.4, 0.5) is 0 Å². The number of ether oxygens (including phenoxy) is 1. The molecule has 2 atom stereocenters. The van der Waals surface area contributed by atoms with Crippen LogP contribution >= 0.6 is 0 Å². The Balaban J connectivity index is 3.35. The molecule has 0 aliphatic carbocycles. The standard InChI is InChI=1S/C80H155NO5/c1-3-5-7-9-11-13-15-17-19-41-45-48-52-56-60-64-68-72-78(83)77(76-82)81-79(84)73-69-65-61-57-53-49-46-42-39-37-35-33-31-29-27-25-23-21-20-22-24-26-28-30-32-34-36-38-40-43-47-51-55-59-63-67-71-75-86-80(85)74-70-66-62-58-54-50-44-18-16-14-12-10-8-6-4-2/h20,22,26,28,77-78,82-83H,3-19,21,23-25,27,29-76H2,1-2H3,(H,81,84)/b22-20-,28-26-. The molecule has 0 spiro atoms. The second-order valence-corrected chi connectivity index (χ2v) is 27.4. The van der Waals surface area contributed by atoms with Gasteiger partial charge in [-0.25, -0.2) is 0 Å². The average Bonchev–Trinajstić information content (AvgIpc) is 3.52. The molecule has 86 heavy (non-hydrogen) atoms. The molecule has 0 radical (unpaired) electrons. The molecule has 0 aliphatic heterocycles. The van der Waals surface area contributed by atoms with E-state index in [0.717, 1.165) is 44.9 Å². The number of hydrogen-bond donors (Lipinski definition) is 3. The van der Waals surface area contributed by atoms with Crippen LogP contribution in [0.2, 0.25) is 0 Å². The summed E-state index contributed by atoms with van der Waals surface area (Å²) in [6.45, 7) is 5.01. The van der Waals surface area contributed by atoms with E-state index in [1.165, 1.54) is 372 Å². The Morgan fingerprint density at radius 2 is 0.581 bits per heavy atom. The van der Waals surface area contributed by atoms with E-state index in [2.05, 4.69) is 43.5 Å². The van der Waals surface area contributed by atoms with E-state index in [4.69, 9.17) is 4.74 Å². The van der Waals surface area contributed by atoms with Gasteiger partial charge in [0.05, 0.1) is 25.4 Å². The Labute approximate surface area is 539 Å². The van der Waals surface area contributed by atoms with Gasteiger partial charge in [0.2, 0.25) is 5.91 Å². The number of allylic oxidation sites excluding steroid dienone is 4. The number of esters is 1. The fourth-order valence-electron chi connectivity index (χ4n) is 12.7. The van der Waals surface area contributed by atoms with Crippen LogP contribution in [-0.4, -0.2) is 47.4 Å². The molecule has 510 valence electrons. The van der Waals surface area contributed by atoms with E-state index < -0.39 is 12.1 Å². The van der Waals surface area contributed by atoms with Crippen molar-refractivity contribution >= 4 is 11.9 Å². The number of rotatable bonds is 75. The zero-order valence-electron chi connectivity index (χ0n) is 58.6. The molecule has 6 nitrogen and oxygen atoms in total. The molecular formula is C80H155NO5. The molecule has 0 aliphatic rings. The normalized spacial score (nSPS) is 12.6. The molecule has 0 fully saturated rings. The van der Waals surface area contributed by atoms with Gasteiger partial charge in [-0.3, -0.25) is 9.59 Å². The van der Waals surface area contributed by atoms with E-state index in [1.807, 2.05) is 0 Å². The molecule has 6 heteroatoms. The van der Waals surface area contributed by atoms with Gasteiger partial charge in [0.1, 0.15) is 0 Å². The maximum absolute atomic E-state index is 12.5. The molecule has 0 aromatic carbocycles. The van der Waals surface area contributed by atoms with Gasteiger partial charge in [-0.05, 0) is 57.8 Å². The van der Waals surface area contributed by atoms with Crippen LogP contribution in [0.25, 0.3) is 0 Å². The Hall–Kier alpha value is -1.66. The lowest BCUT2D eigenvalue weighted by atomic mass is 10.0. The number of carbonyl (C=O) groups is 2. The summed E-state index contributed by atoms with van der Waals surface area (Å²) in [5.74, 6) is -0.00539. The van der Waals surface area contributed by atoms with Gasteiger partial charge < -0.3 is 20.3 Å². The largest absolute Gasteiger partial charge is 0.466 e. The Morgan fingerprint density at radius 3 is 0.884 bits per heavy atom. The molecular weight excluding hydrogens is 1050 g/mol. The first kappa shape index (κ1) is 84.3. The van der Waals surface area contributed by atoms with Gasteiger partial charge in [-0.15, -0.1) is 0 Å². The molecule has 1 amide bonds. The van der Waals surface area contributed by atoms with E-state index in [9.17, 15) is 19.8 Å². The number of aliphatic hydroxyl groups excluding tert-OH is 2. The predicted octanol–water partition coefficient (Wildman–Crippen LogP) is 26.0. The highest BCUT2D eigenvalue weighted by Crippen LogP contribution is 2.20. The van der Waals surface area contributed by atoms with Crippen LogP contribution in [-0.2, 0) is 14.3 Å². The first-order chi connectivity index (χ1) is 42.5. The number of nitrogens with one attached hydrogen (secondary N) is 1. The smallest absolute Gasteiger partial charge is 0.305 e. The van der Waals surface area contributed by atoms with Crippen molar-refractivity contribution in [2.24, 2.45) is 0 Å². The van der Waals surface area contributed by atoms with Crippen molar-refractivity contribution in [3.8, 4) is 0 Å². The maximum Gasteiger partial charge on any atom is 0.305 e. The molecule has 0 rings (SSSR count). The van der Waals surface area contributed by atoms with Crippen LogP contribution in [0.1, 0.15) is 450 Å². The van der Waals surface area contributed by atoms with Crippen LogP contribution in [0.15, 0.2) is 24.3 Å². The van der Waals surface area contributed by atoms with Crippen molar-refractivity contribution in [3.05, 3.63) is 24.3 Å². The minimum absolute atomic E-state index is 0.0226. The van der Waals surface area contributed by atoms with Crippen molar-refractivity contribution in [1.29, 1.82) is 0 Å². The lowest BCUT2D eigenvalue weighted by Gasteiger charge is -2.22. The third-order valence-electron chi connectivity index (χ3n) is 18.8. The van der Waals surface area contributed by atoms with Gasteiger partial charge in [-0.2, -0.15) is 0 Å². The van der Waals surface area contributed by atoms with E-state index in [-0.39, 0.29) is 18.5 Å². The fourth-order valence-corrected chi connectivity index (χ4v) is 12.7. The zero-order valence-corrected chi connectivity index (χ0v) is 58.6. The summed E-state index contributed by atoms with van der Waals surface area (Å²) in [5, 5.41) is 23.4. The molecule has 0 heterocycles. The summed E-state index contributed by atoms with van der Waals surface area (Å²) < 4.78 is 5.50. The quantitative estimate of drug-likeness (QED) is 0.0320. The predicted molar refractivity (Wildman–Crippen MR) is 380 cm³/mol. The topological polar surface area (TPSA) is 95.9 Å².